The van der Waals surface area contributed by atoms with E-state index >= 15 is 0 Å². The number of ketones is 1. The minimum Gasteiger partial charge on any atom is -0.394 e. The molecule has 2 aromatic heterocycles. The molecule has 5 atom stereocenters. The molecule has 0 radical (unpaired) electrons. The number of rotatable bonds is 8. The Hall–Kier alpha value is -2.40. The van der Waals surface area contributed by atoms with Crippen molar-refractivity contribution in [3.8, 4) is 0 Å². The van der Waals surface area contributed by atoms with Crippen LogP contribution in [0.25, 0.3) is 11.0 Å². The first-order valence-corrected chi connectivity index (χ1v) is 11.6. The van der Waals surface area contributed by atoms with E-state index in [4.69, 9.17) is 4.74 Å². The van der Waals surface area contributed by atoms with Gasteiger partial charge in [0.2, 0.25) is 5.91 Å². The van der Waals surface area contributed by atoms with Crippen molar-refractivity contribution in [1.82, 2.24) is 14.5 Å². The first-order chi connectivity index (χ1) is 15.8. The summed E-state index contributed by atoms with van der Waals surface area (Å²) in [5.74, 6) is -0.182. The van der Waals surface area contributed by atoms with Gasteiger partial charge in [0.05, 0.1) is 12.0 Å². The normalized spacial score (nSPS) is 24.1. The summed E-state index contributed by atoms with van der Waals surface area (Å²) in [5.41, 5.74) is 0.465. The quantitative estimate of drug-likeness (QED) is 0.424. The summed E-state index contributed by atoms with van der Waals surface area (Å²) >= 11 is 0. The Morgan fingerprint density at radius 1 is 1.21 bits per heavy atom. The molecule has 2 aromatic rings. The number of ether oxygens (including phenoxy) is 1. The predicted octanol–water partition coefficient (Wildman–Crippen LogP) is 2.28. The molecule has 10 heteroatoms. The summed E-state index contributed by atoms with van der Waals surface area (Å²) in [7, 11) is 0. The Labute approximate surface area is 199 Å². The molecule has 1 saturated heterocycles. The van der Waals surface area contributed by atoms with Crippen molar-refractivity contribution < 1.29 is 29.6 Å². The van der Waals surface area contributed by atoms with Crippen LogP contribution < -0.4 is 5.32 Å². The van der Waals surface area contributed by atoms with E-state index in [1.807, 2.05) is 0 Å². The van der Waals surface area contributed by atoms with Gasteiger partial charge in [-0.1, -0.05) is 34.6 Å². The molecule has 0 saturated carbocycles. The molecule has 1 aliphatic rings. The van der Waals surface area contributed by atoms with Crippen LogP contribution in [0.5, 0.6) is 0 Å². The lowest BCUT2D eigenvalue weighted by Crippen LogP contribution is -2.33. The monoisotopic (exact) mass is 476 g/mol. The van der Waals surface area contributed by atoms with Gasteiger partial charge in [-0.15, -0.1) is 0 Å². The highest BCUT2D eigenvalue weighted by atomic mass is 16.6. The highest BCUT2D eigenvalue weighted by molar-refractivity contribution is 6.12. The number of carbonyl (C=O) groups excluding carboxylic acids is 2. The molecule has 34 heavy (non-hydrogen) atoms. The summed E-state index contributed by atoms with van der Waals surface area (Å²) in [4.78, 5) is 34.3. The predicted molar refractivity (Wildman–Crippen MR) is 126 cm³/mol. The number of nitrogens with one attached hydrogen (secondary N) is 1. The van der Waals surface area contributed by atoms with Crippen molar-refractivity contribution >= 4 is 28.5 Å². The SMILES string of the molecule is CC(=O)c1cn([C@@H]2O[C@H](CO)[C@H](O)C2O)c2ncnc(NC(=O)C(CC(C)C)CC(C)(C)C)c12. The van der Waals surface area contributed by atoms with Crippen LogP contribution in [0.4, 0.5) is 5.82 Å². The summed E-state index contributed by atoms with van der Waals surface area (Å²) < 4.78 is 7.07. The molecule has 2 unspecified atom stereocenters. The lowest BCUT2D eigenvalue weighted by atomic mass is 9.80. The van der Waals surface area contributed by atoms with Gasteiger partial charge in [-0.05, 0) is 31.1 Å². The Bertz CT molecular complexity index is 1040. The van der Waals surface area contributed by atoms with Gasteiger partial charge in [-0.3, -0.25) is 9.59 Å². The van der Waals surface area contributed by atoms with Crippen molar-refractivity contribution in [2.45, 2.75) is 78.9 Å². The van der Waals surface area contributed by atoms with Crippen molar-refractivity contribution in [2.24, 2.45) is 17.3 Å². The first-order valence-electron chi connectivity index (χ1n) is 11.6. The van der Waals surface area contributed by atoms with Crippen molar-refractivity contribution in [1.29, 1.82) is 0 Å². The first kappa shape index (κ1) is 26.2. The van der Waals surface area contributed by atoms with E-state index in [0.29, 0.717) is 24.1 Å². The molecule has 1 fully saturated rings. The van der Waals surface area contributed by atoms with Gasteiger partial charge in [0.15, 0.2) is 12.0 Å². The average molecular weight is 477 g/mol. The standard InChI is InChI=1S/C24H36N4O6/c1-12(2)7-14(8-24(4,5)6)22(33)27-20-17-15(13(3)30)9-28(21(17)26-11-25-20)23-19(32)18(31)16(10-29)34-23/h9,11-12,14,16,18-19,23,29,31-32H,7-8,10H2,1-6H3,(H,25,26,27,33)/t14?,16-,18+,19?,23-/m1/s1. The third kappa shape index (κ3) is 5.46. The molecule has 4 N–H and O–H groups in total. The second-order valence-electron chi connectivity index (χ2n) is 10.7. The molecular weight excluding hydrogens is 440 g/mol. The maximum atomic E-state index is 13.3. The van der Waals surface area contributed by atoms with Crippen LogP contribution in [0.3, 0.4) is 0 Å². The fourth-order valence-electron chi connectivity index (χ4n) is 4.56. The van der Waals surface area contributed by atoms with E-state index in [1.54, 1.807) is 0 Å². The van der Waals surface area contributed by atoms with Gasteiger partial charge in [0.1, 0.15) is 36.1 Å². The van der Waals surface area contributed by atoms with Crippen molar-refractivity contribution in [3.63, 3.8) is 0 Å². The van der Waals surface area contributed by atoms with Gasteiger partial charge < -0.3 is 29.9 Å². The molecule has 0 spiro atoms. The summed E-state index contributed by atoms with van der Waals surface area (Å²) in [6.45, 7) is 11.3. The van der Waals surface area contributed by atoms with E-state index in [2.05, 4.69) is 49.9 Å². The van der Waals surface area contributed by atoms with Crippen LogP contribution in [-0.4, -0.2) is 66.5 Å². The molecule has 0 aliphatic carbocycles. The van der Waals surface area contributed by atoms with Crippen LogP contribution in [-0.2, 0) is 9.53 Å². The lowest BCUT2D eigenvalue weighted by molar-refractivity contribution is -0.121. The van der Waals surface area contributed by atoms with Crippen LogP contribution in [0.1, 0.15) is 71.0 Å². The number of carbonyl (C=O) groups is 2. The highest BCUT2D eigenvalue weighted by Crippen LogP contribution is 2.36. The fraction of sp³-hybridized carbons (Fsp3) is 0.667. The molecule has 3 heterocycles. The van der Waals surface area contributed by atoms with E-state index in [-0.39, 0.29) is 40.1 Å². The Morgan fingerprint density at radius 2 is 1.88 bits per heavy atom. The van der Waals surface area contributed by atoms with E-state index in [9.17, 15) is 24.9 Å². The average Bonchev–Trinajstić information content (AvgIpc) is 3.25. The number of hydrogen-bond acceptors (Lipinski definition) is 8. The van der Waals surface area contributed by atoms with Gasteiger partial charge in [0, 0.05) is 17.7 Å². The zero-order chi connectivity index (χ0) is 25.4. The van der Waals surface area contributed by atoms with E-state index in [0.717, 1.165) is 0 Å². The second kappa shape index (κ2) is 10.1. The fourth-order valence-corrected chi connectivity index (χ4v) is 4.56. The number of Topliss-reactive ketones (excluding diaryl/α,β-unsaturated/α-hetero) is 1. The Balaban J connectivity index is 2.03. The van der Waals surface area contributed by atoms with Crippen LogP contribution >= 0.6 is 0 Å². The number of nitrogens with zero attached hydrogens (tertiary/aromatic N) is 3. The number of aromatic nitrogens is 3. The topological polar surface area (TPSA) is 147 Å². The molecule has 1 amide bonds. The van der Waals surface area contributed by atoms with Crippen molar-refractivity contribution in [3.05, 3.63) is 18.1 Å². The molecular formula is C24H36N4O6. The molecule has 188 valence electrons. The number of fused-ring (bicyclic) bond motifs is 1. The number of hydrogen-bond donors (Lipinski definition) is 4. The summed E-state index contributed by atoms with van der Waals surface area (Å²) in [6.07, 6.45) is -0.566. The minimum absolute atomic E-state index is 0.0498. The van der Waals surface area contributed by atoms with E-state index < -0.39 is 31.1 Å². The molecule has 3 rings (SSSR count). The lowest BCUT2D eigenvalue weighted by Gasteiger charge is -2.26. The molecule has 0 bridgehead atoms. The van der Waals surface area contributed by atoms with Crippen LogP contribution in [0, 0.1) is 17.3 Å². The van der Waals surface area contributed by atoms with Crippen LogP contribution in [0.15, 0.2) is 12.5 Å². The number of aliphatic hydroxyl groups is 3. The molecule has 10 nitrogen and oxygen atoms in total. The maximum absolute atomic E-state index is 13.3. The van der Waals surface area contributed by atoms with Crippen molar-refractivity contribution in [2.75, 3.05) is 11.9 Å². The largest absolute Gasteiger partial charge is 0.394 e. The summed E-state index contributed by atoms with van der Waals surface area (Å²) in [6, 6.07) is 0. The third-order valence-corrected chi connectivity index (χ3v) is 6.01. The van der Waals surface area contributed by atoms with Gasteiger partial charge in [0.25, 0.3) is 0 Å². The maximum Gasteiger partial charge on any atom is 0.228 e. The smallest absolute Gasteiger partial charge is 0.228 e. The highest BCUT2D eigenvalue weighted by Gasteiger charge is 2.44. The van der Waals surface area contributed by atoms with Gasteiger partial charge >= 0.3 is 0 Å². The number of anilines is 1. The third-order valence-electron chi connectivity index (χ3n) is 6.01. The number of amides is 1. The number of aliphatic hydroxyl groups excluding tert-OH is 3. The zero-order valence-corrected chi connectivity index (χ0v) is 20.6. The second-order valence-corrected chi connectivity index (χ2v) is 10.7. The van der Waals surface area contributed by atoms with Gasteiger partial charge in [-0.25, -0.2) is 9.97 Å². The molecule has 0 aromatic carbocycles. The Morgan fingerprint density at radius 3 is 2.41 bits per heavy atom. The summed E-state index contributed by atoms with van der Waals surface area (Å²) in [5, 5.41) is 33.3. The van der Waals surface area contributed by atoms with Gasteiger partial charge in [-0.2, -0.15) is 0 Å². The van der Waals surface area contributed by atoms with Crippen LogP contribution in [0.2, 0.25) is 0 Å². The zero-order valence-electron chi connectivity index (χ0n) is 20.6. The molecule has 1 aliphatic heterocycles. The Kier molecular flexibility index (Phi) is 7.76. The minimum atomic E-state index is -1.34. The van der Waals surface area contributed by atoms with E-state index in [1.165, 1.54) is 24.0 Å².